The second kappa shape index (κ2) is 7.31. The topological polar surface area (TPSA) is 73.1 Å². The molecular weight excluding hydrogens is 326 g/mol. The van der Waals surface area contributed by atoms with Crippen molar-refractivity contribution >= 4 is 28.8 Å². The van der Waals surface area contributed by atoms with Crippen LogP contribution >= 0.6 is 0 Å². The molecule has 0 atom stereocenters. The molecule has 0 saturated carbocycles. The molecule has 3 aromatic rings. The smallest absolute Gasteiger partial charge is 0.221 e. The summed E-state index contributed by atoms with van der Waals surface area (Å²) in [6, 6.07) is 16.0. The highest BCUT2D eigenvalue weighted by molar-refractivity contribution is 5.89. The summed E-state index contributed by atoms with van der Waals surface area (Å²) in [5.74, 6) is 0.661. The Morgan fingerprint density at radius 2 is 1.81 bits per heavy atom. The number of H-pyrrole nitrogens is 1. The number of rotatable bonds is 5. The van der Waals surface area contributed by atoms with Crippen molar-refractivity contribution in [2.75, 3.05) is 29.6 Å². The number of carbonyl (C=O) groups is 1. The molecule has 0 saturated heterocycles. The van der Waals surface area contributed by atoms with Crippen molar-refractivity contribution in [1.82, 2.24) is 10.2 Å². The van der Waals surface area contributed by atoms with Crippen molar-refractivity contribution in [2.45, 2.75) is 13.8 Å². The van der Waals surface area contributed by atoms with Gasteiger partial charge in [0.1, 0.15) is 0 Å². The van der Waals surface area contributed by atoms with Crippen molar-refractivity contribution in [1.29, 1.82) is 0 Å². The summed E-state index contributed by atoms with van der Waals surface area (Å²) in [6.07, 6.45) is 0. The minimum Gasteiger partial charge on any atom is -0.378 e. The third kappa shape index (κ3) is 4.03. The first-order chi connectivity index (χ1) is 12.4. The van der Waals surface area contributed by atoms with Gasteiger partial charge in [-0.05, 0) is 48.4 Å². The molecule has 0 aliphatic heterocycles. The summed E-state index contributed by atoms with van der Waals surface area (Å²) in [5.41, 5.74) is 5.93. The van der Waals surface area contributed by atoms with Crippen LogP contribution in [0.1, 0.15) is 12.5 Å². The van der Waals surface area contributed by atoms with Crippen LogP contribution in [0.2, 0.25) is 0 Å². The first kappa shape index (κ1) is 17.5. The SMILES string of the molecule is CC(=O)Nc1ccc(Nc2cc(-c3ccc(N(C)C)cc3)[nH]n2)c(C)c1. The Bertz CT molecular complexity index is 912. The molecule has 3 rings (SSSR count). The summed E-state index contributed by atoms with van der Waals surface area (Å²) < 4.78 is 0. The summed E-state index contributed by atoms with van der Waals surface area (Å²) in [6.45, 7) is 3.49. The Morgan fingerprint density at radius 3 is 2.42 bits per heavy atom. The van der Waals surface area contributed by atoms with Crippen LogP contribution in [0, 0.1) is 6.92 Å². The molecule has 2 aromatic carbocycles. The Balaban J connectivity index is 1.75. The standard InChI is InChI=1S/C20H23N5O/c1-13-11-16(21-14(2)26)7-10-18(13)22-20-12-19(23-24-20)15-5-8-17(9-6-15)25(3)4/h5-12H,1-4H3,(H,21,26)(H2,22,23,24). The first-order valence-electron chi connectivity index (χ1n) is 8.41. The number of hydrogen-bond donors (Lipinski definition) is 3. The van der Waals surface area contributed by atoms with Crippen LogP contribution in [0.5, 0.6) is 0 Å². The Hall–Kier alpha value is -3.28. The van der Waals surface area contributed by atoms with E-state index in [-0.39, 0.29) is 5.91 Å². The molecule has 3 N–H and O–H groups in total. The highest BCUT2D eigenvalue weighted by Crippen LogP contribution is 2.26. The van der Waals surface area contributed by atoms with Gasteiger partial charge in [-0.15, -0.1) is 0 Å². The highest BCUT2D eigenvalue weighted by atomic mass is 16.1. The van der Waals surface area contributed by atoms with E-state index in [2.05, 4.69) is 50.0 Å². The van der Waals surface area contributed by atoms with Gasteiger partial charge in [-0.25, -0.2) is 0 Å². The predicted octanol–water partition coefficient (Wildman–Crippen LogP) is 4.15. The van der Waals surface area contributed by atoms with Gasteiger partial charge < -0.3 is 15.5 Å². The zero-order valence-electron chi connectivity index (χ0n) is 15.4. The summed E-state index contributed by atoms with van der Waals surface area (Å²) in [5, 5.41) is 13.5. The van der Waals surface area contributed by atoms with Gasteiger partial charge in [0.15, 0.2) is 5.82 Å². The van der Waals surface area contributed by atoms with E-state index in [1.165, 1.54) is 6.92 Å². The minimum absolute atomic E-state index is 0.0812. The largest absolute Gasteiger partial charge is 0.378 e. The molecule has 0 radical (unpaired) electrons. The molecular formula is C20H23N5O. The fourth-order valence-corrected chi connectivity index (χ4v) is 2.70. The maximum atomic E-state index is 11.2. The van der Waals surface area contributed by atoms with Crippen molar-refractivity contribution in [2.24, 2.45) is 0 Å². The summed E-state index contributed by atoms with van der Waals surface area (Å²) >= 11 is 0. The fraction of sp³-hybridized carbons (Fsp3) is 0.200. The third-order valence-electron chi connectivity index (χ3n) is 4.08. The van der Waals surface area contributed by atoms with Crippen LogP contribution < -0.4 is 15.5 Å². The van der Waals surface area contributed by atoms with Crippen molar-refractivity contribution in [3.8, 4) is 11.3 Å². The number of aromatic nitrogens is 2. The normalized spacial score (nSPS) is 10.5. The molecule has 26 heavy (non-hydrogen) atoms. The molecule has 1 amide bonds. The van der Waals surface area contributed by atoms with Gasteiger partial charge in [0.05, 0.1) is 5.69 Å². The van der Waals surface area contributed by atoms with E-state index in [4.69, 9.17) is 0 Å². The molecule has 0 unspecified atom stereocenters. The quantitative estimate of drug-likeness (QED) is 0.647. The summed E-state index contributed by atoms with van der Waals surface area (Å²) in [4.78, 5) is 13.2. The molecule has 6 nitrogen and oxygen atoms in total. The van der Waals surface area contributed by atoms with Crippen LogP contribution in [0.25, 0.3) is 11.3 Å². The lowest BCUT2D eigenvalue weighted by Crippen LogP contribution is -2.07. The molecule has 0 spiro atoms. The molecule has 0 bridgehead atoms. The number of amides is 1. The Labute approximate surface area is 153 Å². The number of anilines is 4. The Morgan fingerprint density at radius 1 is 1.08 bits per heavy atom. The number of nitrogens with zero attached hydrogens (tertiary/aromatic N) is 2. The number of hydrogen-bond acceptors (Lipinski definition) is 4. The number of aromatic amines is 1. The van der Waals surface area contributed by atoms with Gasteiger partial charge >= 0.3 is 0 Å². The molecule has 0 fully saturated rings. The molecule has 0 aliphatic carbocycles. The van der Waals surface area contributed by atoms with Crippen LogP contribution in [-0.4, -0.2) is 30.2 Å². The van der Waals surface area contributed by atoms with E-state index in [0.717, 1.165) is 39.7 Å². The lowest BCUT2D eigenvalue weighted by atomic mass is 10.1. The van der Waals surface area contributed by atoms with E-state index in [0.29, 0.717) is 0 Å². The molecule has 6 heteroatoms. The van der Waals surface area contributed by atoms with E-state index < -0.39 is 0 Å². The van der Waals surface area contributed by atoms with Crippen LogP contribution in [0.3, 0.4) is 0 Å². The van der Waals surface area contributed by atoms with Gasteiger partial charge in [0.2, 0.25) is 5.91 Å². The zero-order valence-corrected chi connectivity index (χ0v) is 15.4. The second-order valence-electron chi connectivity index (χ2n) is 6.44. The lowest BCUT2D eigenvalue weighted by Gasteiger charge is -2.12. The number of carbonyl (C=O) groups excluding carboxylic acids is 1. The second-order valence-corrected chi connectivity index (χ2v) is 6.44. The Kier molecular flexibility index (Phi) is 4.93. The number of nitrogens with one attached hydrogen (secondary N) is 3. The molecule has 0 aliphatic rings. The molecule has 134 valence electrons. The van der Waals surface area contributed by atoms with Gasteiger partial charge in [0, 0.05) is 44.1 Å². The molecule has 1 heterocycles. The van der Waals surface area contributed by atoms with E-state index in [1.54, 1.807) is 0 Å². The van der Waals surface area contributed by atoms with E-state index in [1.807, 2.05) is 45.3 Å². The maximum absolute atomic E-state index is 11.2. The monoisotopic (exact) mass is 349 g/mol. The van der Waals surface area contributed by atoms with Gasteiger partial charge in [-0.2, -0.15) is 5.10 Å². The average Bonchev–Trinajstić information content (AvgIpc) is 3.05. The van der Waals surface area contributed by atoms with Gasteiger partial charge in [0.25, 0.3) is 0 Å². The van der Waals surface area contributed by atoms with Crippen LogP contribution in [0.4, 0.5) is 22.9 Å². The predicted molar refractivity (Wildman–Crippen MR) is 107 cm³/mol. The lowest BCUT2D eigenvalue weighted by molar-refractivity contribution is -0.114. The number of benzene rings is 2. The van der Waals surface area contributed by atoms with Crippen molar-refractivity contribution in [3.05, 3.63) is 54.1 Å². The number of aryl methyl sites for hydroxylation is 1. The van der Waals surface area contributed by atoms with Crippen LogP contribution in [-0.2, 0) is 4.79 Å². The van der Waals surface area contributed by atoms with E-state index >= 15 is 0 Å². The minimum atomic E-state index is -0.0812. The average molecular weight is 349 g/mol. The van der Waals surface area contributed by atoms with Crippen LogP contribution in [0.15, 0.2) is 48.5 Å². The summed E-state index contributed by atoms with van der Waals surface area (Å²) in [7, 11) is 4.04. The zero-order chi connectivity index (χ0) is 18.7. The third-order valence-corrected chi connectivity index (χ3v) is 4.08. The van der Waals surface area contributed by atoms with Crippen molar-refractivity contribution in [3.63, 3.8) is 0 Å². The molecule has 1 aromatic heterocycles. The highest BCUT2D eigenvalue weighted by Gasteiger charge is 2.07. The van der Waals surface area contributed by atoms with Crippen molar-refractivity contribution < 1.29 is 4.79 Å². The van der Waals surface area contributed by atoms with E-state index in [9.17, 15) is 4.79 Å². The van der Waals surface area contributed by atoms with Gasteiger partial charge in [-0.3, -0.25) is 9.89 Å². The fourth-order valence-electron chi connectivity index (χ4n) is 2.70. The van der Waals surface area contributed by atoms with Gasteiger partial charge in [-0.1, -0.05) is 12.1 Å². The first-order valence-corrected chi connectivity index (χ1v) is 8.41. The maximum Gasteiger partial charge on any atom is 0.221 e.